The lowest BCUT2D eigenvalue weighted by Crippen LogP contribution is -2.44. The minimum atomic E-state index is 0. The first kappa shape index (κ1) is 16.1. The van der Waals surface area contributed by atoms with E-state index in [1.54, 1.807) is 11.8 Å². The van der Waals surface area contributed by atoms with Crippen molar-refractivity contribution in [2.24, 2.45) is 5.41 Å². The molecule has 0 bridgehead atoms. The average molecular weight is 267 g/mol. The summed E-state index contributed by atoms with van der Waals surface area (Å²) in [6.07, 6.45) is 4.28. The fourth-order valence-electron chi connectivity index (χ4n) is 1.76. The highest BCUT2D eigenvalue weighted by Gasteiger charge is 2.27. The zero-order valence-corrected chi connectivity index (χ0v) is 12.0. The molecule has 1 aliphatic heterocycles. The quantitative estimate of drug-likeness (QED) is 0.813. The molecule has 16 heavy (non-hydrogen) atoms. The van der Waals surface area contributed by atoms with Gasteiger partial charge in [-0.15, -0.1) is 12.4 Å². The Morgan fingerprint density at radius 2 is 2.06 bits per heavy atom. The number of amides is 1. The molecule has 1 fully saturated rings. The molecule has 0 radical (unpaired) electrons. The van der Waals surface area contributed by atoms with Gasteiger partial charge in [0.25, 0.3) is 0 Å². The summed E-state index contributed by atoms with van der Waals surface area (Å²) < 4.78 is 0. The molecular formula is C11H23ClN2OS. The highest BCUT2D eigenvalue weighted by molar-refractivity contribution is 7.99. The number of piperidine rings is 1. The Labute approximate surface area is 109 Å². The molecule has 0 saturated carbocycles. The van der Waals surface area contributed by atoms with Gasteiger partial charge in [-0.05, 0) is 44.5 Å². The first-order chi connectivity index (χ1) is 7.07. The average Bonchev–Trinajstić information content (AvgIpc) is 2.26. The van der Waals surface area contributed by atoms with E-state index in [-0.39, 0.29) is 23.6 Å². The lowest BCUT2D eigenvalue weighted by atomic mass is 9.81. The standard InChI is InChI=1S/C11H22N2OS.ClH/c1-9(15-3)10(14)13-8-11(2)4-6-12-7-5-11;/h9,12H,4-8H2,1-3H3,(H,13,14);1H. The van der Waals surface area contributed by atoms with Crippen molar-refractivity contribution in [1.82, 2.24) is 10.6 Å². The molecule has 96 valence electrons. The van der Waals surface area contributed by atoms with Crippen LogP contribution in [0.25, 0.3) is 0 Å². The first-order valence-electron chi connectivity index (χ1n) is 5.59. The molecule has 1 unspecified atom stereocenters. The van der Waals surface area contributed by atoms with E-state index in [9.17, 15) is 4.79 Å². The van der Waals surface area contributed by atoms with Crippen molar-refractivity contribution in [3.05, 3.63) is 0 Å². The molecule has 1 amide bonds. The van der Waals surface area contributed by atoms with Gasteiger partial charge in [-0.3, -0.25) is 4.79 Å². The van der Waals surface area contributed by atoms with E-state index in [0.29, 0.717) is 5.41 Å². The minimum Gasteiger partial charge on any atom is -0.355 e. The smallest absolute Gasteiger partial charge is 0.232 e. The van der Waals surface area contributed by atoms with Gasteiger partial charge in [0, 0.05) is 6.54 Å². The number of carbonyl (C=O) groups excluding carboxylic acids is 1. The minimum absolute atomic E-state index is 0. The zero-order chi connectivity index (χ0) is 11.3. The van der Waals surface area contributed by atoms with Crippen LogP contribution in [0.1, 0.15) is 26.7 Å². The zero-order valence-electron chi connectivity index (χ0n) is 10.3. The van der Waals surface area contributed by atoms with Crippen LogP contribution >= 0.6 is 24.2 Å². The lowest BCUT2D eigenvalue weighted by molar-refractivity contribution is -0.120. The summed E-state index contributed by atoms with van der Waals surface area (Å²) in [5.74, 6) is 0.169. The second-order valence-electron chi connectivity index (χ2n) is 4.66. The largest absolute Gasteiger partial charge is 0.355 e. The van der Waals surface area contributed by atoms with E-state index < -0.39 is 0 Å². The molecule has 5 heteroatoms. The van der Waals surface area contributed by atoms with Crippen LogP contribution in [0, 0.1) is 5.41 Å². The van der Waals surface area contributed by atoms with Gasteiger partial charge in [0.15, 0.2) is 0 Å². The van der Waals surface area contributed by atoms with Crippen LogP contribution in [0.2, 0.25) is 0 Å². The third-order valence-electron chi connectivity index (χ3n) is 3.22. The van der Waals surface area contributed by atoms with E-state index in [1.165, 1.54) is 0 Å². The van der Waals surface area contributed by atoms with Gasteiger partial charge in [0.2, 0.25) is 5.91 Å². The molecule has 0 aromatic rings. The third kappa shape index (κ3) is 4.93. The Balaban J connectivity index is 0.00000225. The fraction of sp³-hybridized carbons (Fsp3) is 0.909. The topological polar surface area (TPSA) is 41.1 Å². The predicted octanol–water partition coefficient (Wildman–Crippen LogP) is 1.67. The summed E-state index contributed by atoms with van der Waals surface area (Å²) in [5.41, 5.74) is 0.291. The SMILES string of the molecule is CSC(C)C(=O)NCC1(C)CCNCC1.Cl. The van der Waals surface area contributed by atoms with Gasteiger partial charge >= 0.3 is 0 Å². The summed E-state index contributed by atoms with van der Waals surface area (Å²) in [7, 11) is 0. The van der Waals surface area contributed by atoms with Crippen LogP contribution in [0.15, 0.2) is 0 Å². The number of halogens is 1. The predicted molar refractivity (Wildman–Crippen MR) is 73.4 cm³/mol. The number of thioether (sulfide) groups is 1. The van der Waals surface area contributed by atoms with Gasteiger partial charge in [-0.25, -0.2) is 0 Å². The highest BCUT2D eigenvalue weighted by Crippen LogP contribution is 2.26. The van der Waals surface area contributed by atoms with Crippen LogP contribution in [-0.4, -0.2) is 37.0 Å². The number of hydrogen-bond acceptors (Lipinski definition) is 3. The van der Waals surface area contributed by atoms with Crippen molar-refractivity contribution in [2.75, 3.05) is 25.9 Å². The molecule has 1 aliphatic rings. The van der Waals surface area contributed by atoms with Gasteiger partial charge in [0.1, 0.15) is 0 Å². The summed E-state index contributed by atoms with van der Waals surface area (Å²) in [5, 5.41) is 6.47. The molecule has 1 atom stereocenters. The van der Waals surface area contributed by atoms with E-state index in [0.717, 1.165) is 32.5 Å². The molecule has 0 aromatic heterocycles. The molecule has 1 heterocycles. The Hall–Kier alpha value is 0.0700. The normalized spacial score (nSPS) is 20.7. The molecule has 2 N–H and O–H groups in total. The summed E-state index contributed by atoms with van der Waals surface area (Å²) in [4.78, 5) is 11.6. The number of nitrogens with one attached hydrogen (secondary N) is 2. The van der Waals surface area contributed by atoms with Crippen molar-refractivity contribution in [3.63, 3.8) is 0 Å². The molecule has 0 aliphatic carbocycles. The Bertz CT molecular complexity index is 220. The van der Waals surface area contributed by atoms with Crippen LogP contribution in [0.4, 0.5) is 0 Å². The van der Waals surface area contributed by atoms with E-state index in [4.69, 9.17) is 0 Å². The highest BCUT2D eigenvalue weighted by atomic mass is 35.5. The fourth-order valence-corrected chi connectivity index (χ4v) is 2.06. The molecule has 1 rings (SSSR count). The maximum Gasteiger partial charge on any atom is 0.232 e. The van der Waals surface area contributed by atoms with Crippen molar-refractivity contribution in [2.45, 2.75) is 31.9 Å². The van der Waals surface area contributed by atoms with Crippen LogP contribution in [-0.2, 0) is 4.79 Å². The molecule has 0 spiro atoms. The summed E-state index contributed by atoms with van der Waals surface area (Å²) >= 11 is 1.59. The Morgan fingerprint density at radius 1 is 1.50 bits per heavy atom. The summed E-state index contributed by atoms with van der Waals surface area (Å²) in [6.45, 7) is 7.18. The van der Waals surface area contributed by atoms with Crippen molar-refractivity contribution >= 4 is 30.1 Å². The number of carbonyl (C=O) groups is 1. The van der Waals surface area contributed by atoms with E-state index in [2.05, 4.69) is 17.6 Å². The number of hydrogen-bond donors (Lipinski definition) is 2. The first-order valence-corrected chi connectivity index (χ1v) is 6.87. The van der Waals surface area contributed by atoms with Gasteiger partial charge in [-0.1, -0.05) is 6.92 Å². The van der Waals surface area contributed by atoms with Gasteiger partial charge in [0.05, 0.1) is 5.25 Å². The van der Waals surface area contributed by atoms with Crippen LogP contribution in [0.3, 0.4) is 0 Å². The lowest BCUT2D eigenvalue weighted by Gasteiger charge is -2.34. The molecule has 3 nitrogen and oxygen atoms in total. The second kappa shape index (κ2) is 7.41. The summed E-state index contributed by atoms with van der Waals surface area (Å²) in [6, 6.07) is 0. The monoisotopic (exact) mass is 266 g/mol. The van der Waals surface area contributed by atoms with Crippen molar-refractivity contribution < 1.29 is 4.79 Å². The van der Waals surface area contributed by atoms with Crippen LogP contribution < -0.4 is 10.6 Å². The molecular weight excluding hydrogens is 244 g/mol. The van der Waals surface area contributed by atoms with E-state index >= 15 is 0 Å². The van der Waals surface area contributed by atoms with Crippen molar-refractivity contribution in [1.29, 1.82) is 0 Å². The van der Waals surface area contributed by atoms with Crippen LogP contribution in [0.5, 0.6) is 0 Å². The molecule has 0 aromatic carbocycles. The Morgan fingerprint density at radius 3 is 2.56 bits per heavy atom. The number of rotatable bonds is 4. The Kier molecular flexibility index (Phi) is 7.44. The second-order valence-corrected chi connectivity index (χ2v) is 5.83. The van der Waals surface area contributed by atoms with E-state index in [1.807, 2.05) is 13.2 Å². The van der Waals surface area contributed by atoms with Gasteiger partial charge in [-0.2, -0.15) is 11.8 Å². The molecule has 1 saturated heterocycles. The van der Waals surface area contributed by atoms with Crippen molar-refractivity contribution in [3.8, 4) is 0 Å². The maximum absolute atomic E-state index is 11.6. The van der Waals surface area contributed by atoms with Gasteiger partial charge < -0.3 is 10.6 Å². The third-order valence-corrected chi connectivity index (χ3v) is 4.14. The maximum atomic E-state index is 11.6.